The van der Waals surface area contributed by atoms with Crippen molar-refractivity contribution in [3.05, 3.63) is 64.4 Å². The van der Waals surface area contributed by atoms with Gasteiger partial charge in [0.15, 0.2) is 5.13 Å². The molecule has 0 amide bonds. The molecule has 3 heterocycles. The Morgan fingerprint density at radius 1 is 1.25 bits per heavy atom. The van der Waals surface area contributed by atoms with Crippen molar-refractivity contribution in [1.29, 1.82) is 0 Å². The van der Waals surface area contributed by atoms with E-state index in [1.54, 1.807) is 18.4 Å². The van der Waals surface area contributed by atoms with E-state index in [0.29, 0.717) is 6.04 Å². The number of ether oxygens (including phenoxy) is 1. The maximum atomic E-state index is 5.38. The summed E-state index contributed by atoms with van der Waals surface area (Å²) in [5.41, 5.74) is 4.50. The number of nitrogens with one attached hydrogen (secondary N) is 1. The number of benzene rings is 1. The topological polar surface area (TPSA) is 50.3 Å². The summed E-state index contributed by atoms with van der Waals surface area (Å²) in [7, 11) is 1.72. The molecule has 0 unspecified atom stereocenters. The Hall–Kier alpha value is -2.44. The van der Waals surface area contributed by atoms with Gasteiger partial charge in [-0.25, -0.2) is 4.98 Å². The predicted molar refractivity (Wildman–Crippen MR) is 114 cm³/mol. The van der Waals surface area contributed by atoms with Crippen molar-refractivity contribution in [3.63, 3.8) is 0 Å². The SMILES string of the molecule is COc1cccc(CN2CCC[C@@H]2c2cc(Nc3ncc(C)s3)cc(C)n2)c1. The van der Waals surface area contributed by atoms with Crippen molar-refractivity contribution in [2.45, 2.75) is 39.3 Å². The van der Waals surface area contributed by atoms with E-state index in [9.17, 15) is 0 Å². The molecule has 0 radical (unpaired) electrons. The molecule has 4 rings (SSSR count). The lowest BCUT2D eigenvalue weighted by molar-refractivity contribution is 0.244. The van der Waals surface area contributed by atoms with Crippen LogP contribution in [0.4, 0.5) is 10.8 Å². The van der Waals surface area contributed by atoms with E-state index >= 15 is 0 Å². The second-order valence-corrected chi connectivity index (χ2v) is 8.54. The van der Waals surface area contributed by atoms with Crippen LogP contribution in [0.15, 0.2) is 42.6 Å². The number of thiazole rings is 1. The van der Waals surface area contributed by atoms with Gasteiger partial charge in [0.25, 0.3) is 0 Å². The van der Waals surface area contributed by atoms with Crippen LogP contribution in [0.3, 0.4) is 0 Å². The normalized spacial score (nSPS) is 17.0. The Balaban J connectivity index is 1.54. The molecule has 5 nitrogen and oxygen atoms in total. The molecule has 1 fully saturated rings. The minimum absolute atomic E-state index is 0.338. The van der Waals surface area contributed by atoms with E-state index in [0.717, 1.165) is 47.5 Å². The van der Waals surface area contributed by atoms with E-state index in [4.69, 9.17) is 9.72 Å². The minimum Gasteiger partial charge on any atom is -0.497 e. The Bertz CT molecular complexity index is 955. The monoisotopic (exact) mass is 394 g/mol. The first kappa shape index (κ1) is 18.9. The molecule has 2 aromatic heterocycles. The number of pyridine rings is 1. The lowest BCUT2D eigenvalue weighted by Crippen LogP contribution is -2.23. The van der Waals surface area contributed by atoms with Crippen LogP contribution in [0, 0.1) is 13.8 Å². The largest absolute Gasteiger partial charge is 0.497 e. The van der Waals surface area contributed by atoms with Crippen LogP contribution in [0.1, 0.15) is 40.7 Å². The van der Waals surface area contributed by atoms with Gasteiger partial charge in [-0.3, -0.25) is 9.88 Å². The van der Waals surface area contributed by atoms with Crippen LogP contribution in [0.5, 0.6) is 5.75 Å². The molecule has 0 bridgehead atoms. The molecule has 1 saturated heterocycles. The van der Waals surface area contributed by atoms with E-state index in [2.05, 4.69) is 59.4 Å². The standard InChI is InChI=1S/C22H26N4OS/c1-15-10-18(25-22-23-13-16(2)28-22)12-20(24-15)21-8-5-9-26(21)14-17-6-4-7-19(11-17)27-3/h4,6-7,10-13,21H,5,8-9,14H2,1-3H3,(H,23,24,25)/t21-/m1/s1. The van der Waals surface area contributed by atoms with Gasteiger partial charge < -0.3 is 10.1 Å². The number of hydrogen-bond acceptors (Lipinski definition) is 6. The van der Waals surface area contributed by atoms with Crippen molar-refractivity contribution in [2.75, 3.05) is 19.0 Å². The van der Waals surface area contributed by atoms with Gasteiger partial charge in [-0.05, 0) is 63.1 Å². The minimum atomic E-state index is 0.338. The summed E-state index contributed by atoms with van der Waals surface area (Å²) in [4.78, 5) is 13.0. The van der Waals surface area contributed by atoms with Gasteiger partial charge in [0.05, 0.1) is 18.8 Å². The molecule has 1 aliphatic heterocycles. The zero-order valence-electron chi connectivity index (χ0n) is 16.6. The van der Waals surface area contributed by atoms with Gasteiger partial charge in [0.1, 0.15) is 5.75 Å². The molecular formula is C22H26N4OS. The fourth-order valence-corrected chi connectivity index (χ4v) is 4.51. The van der Waals surface area contributed by atoms with Gasteiger partial charge in [0, 0.05) is 29.0 Å². The average molecular weight is 395 g/mol. The molecular weight excluding hydrogens is 368 g/mol. The summed E-state index contributed by atoms with van der Waals surface area (Å²) in [6.45, 7) is 6.13. The maximum absolute atomic E-state index is 5.38. The van der Waals surface area contributed by atoms with Gasteiger partial charge in [0.2, 0.25) is 0 Å². The molecule has 0 spiro atoms. The molecule has 0 aliphatic carbocycles. The molecule has 6 heteroatoms. The van der Waals surface area contributed by atoms with Crippen LogP contribution in [0.2, 0.25) is 0 Å². The van der Waals surface area contributed by atoms with E-state index in [1.165, 1.54) is 16.9 Å². The quantitative estimate of drug-likeness (QED) is 0.619. The third-order valence-electron chi connectivity index (χ3n) is 5.07. The lowest BCUT2D eigenvalue weighted by Gasteiger charge is -2.25. The third-order valence-corrected chi connectivity index (χ3v) is 5.90. The summed E-state index contributed by atoms with van der Waals surface area (Å²) in [6.07, 6.45) is 4.23. The first-order valence-electron chi connectivity index (χ1n) is 9.66. The van der Waals surface area contributed by atoms with Crippen molar-refractivity contribution in [2.24, 2.45) is 0 Å². The Morgan fingerprint density at radius 3 is 2.93 bits per heavy atom. The molecule has 146 valence electrons. The van der Waals surface area contributed by atoms with E-state index < -0.39 is 0 Å². The molecule has 0 saturated carbocycles. The van der Waals surface area contributed by atoms with Crippen molar-refractivity contribution < 1.29 is 4.74 Å². The summed E-state index contributed by atoms with van der Waals surface area (Å²) in [5, 5.41) is 4.37. The molecule has 28 heavy (non-hydrogen) atoms. The van der Waals surface area contributed by atoms with Crippen molar-refractivity contribution >= 4 is 22.2 Å². The highest BCUT2D eigenvalue weighted by Crippen LogP contribution is 2.34. The zero-order chi connectivity index (χ0) is 19.5. The highest BCUT2D eigenvalue weighted by atomic mass is 32.1. The number of aromatic nitrogens is 2. The average Bonchev–Trinajstić information content (AvgIpc) is 3.30. The first-order valence-corrected chi connectivity index (χ1v) is 10.5. The fourth-order valence-electron chi connectivity index (χ4n) is 3.83. The van der Waals surface area contributed by atoms with Crippen molar-refractivity contribution in [3.8, 4) is 5.75 Å². The lowest BCUT2D eigenvalue weighted by atomic mass is 10.1. The number of aryl methyl sites for hydroxylation is 2. The number of anilines is 2. The van der Waals surface area contributed by atoms with E-state index in [1.807, 2.05) is 12.3 Å². The van der Waals surface area contributed by atoms with Crippen LogP contribution in [-0.4, -0.2) is 28.5 Å². The summed E-state index contributed by atoms with van der Waals surface area (Å²) >= 11 is 1.67. The van der Waals surface area contributed by atoms with Crippen LogP contribution >= 0.6 is 11.3 Å². The van der Waals surface area contributed by atoms with Crippen LogP contribution < -0.4 is 10.1 Å². The molecule has 1 atom stereocenters. The number of hydrogen-bond donors (Lipinski definition) is 1. The highest BCUT2D eigenvalue weighted by molar-refractivity contribution is 7.15. The van der Waals surface area contributed by atoms with E-state index in [-0.39, 0.29) is 0 Å². The number of methoxy groups -OCH3 is 1. The van der Waals surface area contributed by atoms with Gasteiger partial charge in [-0.15, -0.1) is 11.3 Å². The fraction of sp³-hybridized carbons (Fsp3) is 0.364. The second kappa shape index (κ2) is 8.29. The predicted octanol–water partition coefficient (Wildman–Crippen LogP) is 5.24. The Labute approximate surface area is 170 Å². The summed E-state index contributed by atoms with van der Waals surface area (Å²) < 4.78 is 5.38. The second-order valence-electron chi connectivity index (χ2n) is 7.30. The third kappa shape index (κ3) is 4.34. The zero-order valence-corrected chi connectivity index (χ0v) is 17.4. The number of likely N-dealkylation sites (tertiary alicyclic amines) is 1. The molecule has 1 aromatic carbocycles. The summed E-state index contributed by atoms with van der Waals surface area (Å²) in [5.74, 6) is 0.909. The summed E-state index contributed by atoms with van der Waals surface area (Å²) in [6, 6.07) is 12.9. The molecule has 3 aromatic rings. The van der Waals surface area contributed by atoms with Gasteiger partial charge >= 0.3 is 0 Å². The number of rotatable bonds is 6. The van der Waals surface area contributed by atoms with Crippen LogP contribution in [-0.2, 0) is 6.54 Å². The first-order chi connectivity index (χ1) is 13.6. The molecule has 1 N–H and O–H groups in total. The maximum Gasteiger partial charge on any atom is 0.187 e. The van der Waals surface area contributed by atoms with Crippen molar-refractivity contribution in [1.82, 2.24) is 14.9 Å². The Kier molecular flexibility index (Phi) is 5.59. The van der Waals surface area contributed by atoms with Gasteiger partial charge in [-0.2, -0.15) is 0 Å². The molecule has 1 aliphatic rings. The number of nitrogens with zero attached hydrogens (tertiary/aromatic N) is 3. The smallest absolute Gasteiger partial charge is 0.187 e. The Morgan fingerprint density at radius 2 is 2.14 bits per heavy atom. The van der Waals surface area contributed by atoms with Crippen LogP contribution in [0.25, 0.3) is 0 Å². The van der Waals surface area contributed by atoms with Gasteiger partial charge in [-0.1, -0.05) is 12.1 Å². The highest BCUT2D eigenvalue weighted by Gasteiger charge is 2.27.